The summed E-state index contributed by atoms with van der Waals surface area (Å²) in [5.41, 5.74) is 1.84. The minimum Gasteiger partial charge on any atom is -0.497 e. The molecule has 0 bridgehead atoms. The third-order valence-electron chi connectivity index (χ3n) is 9.00. The number of fused-ring (bicyclic) bond motifs is 3. The van der Waals surface area contributed by atoms with Gasteiger partial charge in [0.15, 0.2) is 0 Å². The van der Waals surface area contributed by atoms with E-state index in [2.05, 4.69) is 5.32 Å². The van der Waals surface area contributed by atoms with Gasteiger partial charge in [-0.25, -0.2) is 13.2 Å². The number of aliphatic hydroxyl groups excluding tert-OH is 1. The molecular formula is C37H53N3O8S. The number of carbonyl (C=O) groups is 2. The van der Waals surface area contributed by atoms with E-state index in [9.17, 15) is 23.1 Å². The zero-order chi connectivity index (χ0) is 35.8. The summed E-state index contributed by atoms with van der Waals surface area (Å²) in [4.78, 5) is 29.6. The van der Waals surface area contributed by atoms with E-state index in [1.165, 1.54) is 11.9 Å². The number of rotatable bonds is 9. The molecule has 0 radical (unpaired) electrons. The fraction of sp³-hybridized carbons (Fsp3) is 0.568. The average Bonchev–Trinajstić information content (AvgIpc) is 3.40. The lowest BCUT2D eigenvalue weighted by atomic mass is 9.98. The van der Waals surface area contributed by atoms with Crippen molar-refractivity contribution in [3.8, 4) is 5.75 Å². The number of aliphatic hydroxyl groups is 1. The van der Waals surface area contributed by atoms with Crippen LogP contribution in [0, 0.1) is 0 Å². The minimum absolute atomic E-state index is 0.0662. The predicted molar refractivity (Wildman–Crippen MR) is 189 cm³/mol. The van der Waals surface area contributed by atoms with Gasteiger partial charge in [-0.05, 0) is 68.9 Å². The predicted octanol–water partition coefficient (Wildman–Crippen LogP) is 4.78. The Bertz CT molecular complexity index is 1540. The highest BCUT2D eigenvalue weighted by Crippen LogP contribution is 2.41. The van der Waals surface area contributed by atoms with Gasteiger partial charge in [-0.1, -0.05) is 68.3 Å². The molecule has 1 aliphatic carbocycles. The van der Waals surface area contributed by atoms with Gasteiger partial charge in [0.1, 0.15) is 17.4 Å². The highest BCUT2D eigenvalue weighted by Gasteiger charge is 2.43. The SMILES string of the molecule is CCCCCS(=O)(=O)N(C)[C@H]1CC=CCO[C@H]2Cc3ccc(OC)cc3[C@H]2N(C(=O)OC(C)(C)C)C[C@@H](O)[C@H](Cc2ccccc2)NC1=O. The molecule has 1 aliphatic heterocycles. The molecule has 4 rings (SSSR count). The van der Waals surface area contributed by atoms with Crippen LogP contribution in [0.3, 0.4) is 0 Å². The molecule has 11 nitrogen and oxygen atoms in total. The zero-order valence-electron chi connectivity index (χ0n) is 29.6. The maximum atomic E-state index is 14.1. The van der Waals surface area contributed by atoms with Crippen molar-refractivity contribution in [3.05, 3.63) is 77.4 Å². The second kappa shape index (κ2) is 17.0. The summed E-state index contributed by atoms with van der Waals surface area (Å²) < 4.78 is 45.7. The number of nitrogens with zero attached hydrogens (tertiary/aromatic N) is 2. The molecule has 49 heavy (non-hydrogen) atoms. The Morgan fingerprint density at radius 1 is 1.12 bits per heavy atom. The number of ether oxygens (including phenoxy) is 3. The minimum atomic E-state index is -3.75. The molecule has 0 saturated heterocycles. The molecule has 0 unspecified atom stereocenters. The Balaban J connectivity index is 1.77. The smallest absolute Gasteiger partial charge is 0.410 e. The van der Waals surface area contributed by atoms with Crippen molar-refractivity contribution in [1.82, 2.24) is 14.5 Å². The summed E-state index contributed by atoms with van der Waals surface area (Å²) in [6.45, 7) is 7.30. The van der Waals surface area contributed by atoms with Crippen molar-refractivity contribution < 1.29 is 37.3 Å². The van der Waals surface area contributed by atoms with E-state index in [1.807, 2.05) is 55.5 Å². The number of unbranched alkanes of at least 4 members (excludes halogenated alkanes) is 2. The van der Waals surface area contributed by atoms with Crippen molar-refractivity contribution in [1.29, 1.82) is 0 Å². The lowest BCUT2D eigenvalue weighted by Gasteiger charge is -2.38. The summed E-state index contributed by atoms with van der Waals surface area (Å²) in [7, 11) is -0.743. The molecule has 270 valence electrons. The number of nitrogens with one attached hydrogen (secondary N) is 1. The summed E-state index contributed by atoms with van der Waals surface area (Å²) >= 11 is 0. The lowest BCUT2D eigenvalue weighted by molar-refractivity contribution is -0.126. The fourth-order valence-electron chi connectivity index (χ4n) is 6.35. The molecule has 1 heterocycles. The molecule has 2 aromatic carbocycles. The number of hydrogen-bond donors (Lipinski definition) is 2. The van der Waals surface area contributed by atoms with E-state index in [4.69, 9.17) is 14.2 Å². The highest BCUT2D eigenvalue weighted by atomic mass is 32.2. The normalized spacial score (nSPS) is 23.7. The number of hydrogen-bond acceptors (Lipinski definition) is 8. The van der Waals surface area contributed by atoms with Gasteiger partial charge in [-0.3, -0.25) is 9.69 Å². The molecular weight excluding hydrogens is 646 g/mol. The van der Waals surface area contributed by atoms with Gasteiger partial charge >= 0.3 is 6.09 Å². The first-order valence-corrected chi connectivity index (χ1v) is 18.8. The summed E-state index contributed by atoms with van der Waals surface area (Å²) in [6, 6.07) is 12.6. The third kappa shape index (κ3) is 10.3. The number of sulfonamides is 1. The van der Waals surface area contributed by atoms with Crippen LogP contribution in [0.4, 0.5) is 4.79 Å². The van der Waals surface area contributed by atoms with Crippen molar-refractivity contribution >= 4 is 22.0 Å². The third-order valence-corrected chi connectivity index (χ3v) is 10.9. The number of β-amino-alcohol motifs (C(OH)–C–C–N with tert-alkyl or cyclic N) is 1. The molecule has 2 amide bonds. The average molecular weight is 700 g/mol. The van der Waals surface area contributed by atoms with E-state index in [1.54, 1.807) is 40.0 Å². The molecule has 2 aliphatic rings. The Kier molecular flexibility index (Phi) is 13.3. The van der Waals surface area contributed by atoms with Gasteiger partial charge in [-0.2, -0.15) is 4.31 Å². The summed E-state index contributed by atoms with van der Waals surface area (Å²) in [5.74, 6) is 0.0164. The highest BCUT2D eigenvalue weighted by molar-refractivity contribution is 7.89. The Morgan fingerprint density at radius 3 is 2.53 bits per heavy atom. The van der Waals surface area contributed by atoms with Crippen LogP contribution in [0.1, 0.15) is 76.1 Å². The van der Waals surface area contributed by atoms with Crippen LogP contribution in [0.15, 0.2) is 60.7 Å². The van der Waals surface area contributed by atoms with E-state index in [0.29, 0.717) is 18.6 Å². The largest absolute Gasteiger partial charge is 0.497 e. The Hall–Kier alpha value is -3.45. The second-order valence-corrected chi connectivity index (χ2v) is 16.0. The first-order chi connectivity index (χ1) is 23.2. The molecule has 5 atom stereocenters. The van der Waals surface area contributed by atoms with Crippen LogP contribution in [-0.4, -0.2) is 97.7 Å². The number of carbonyl (C=O) groups excluding carboxylic acids is 2. The van der Waals surface area contributed by atoms with Gasteiger partial charge in [0.25, 0.3) is 0 Å². The fourth-order valence-corrected chi connectivity index (χ4v) is 7.78. The monoisotopic (exact) mass is 699 g/mol. The van der Waals surface area contributed by atoms with Gasteiger partial charge in [-0.15, -0.1) is 0 Å². The maximum Gasteiger partial charge on any atom is 0.410 e. The Morgan fingerprint density at radius 2 is 1.86 bits per heavy atom. The Labute approximate surface area is 291 Å². The molecule has 12 heteroatoms. The quantitative estimate of drug-likeness (QED) is 0.282. The first kappa shape index (κ1) is 38.4. The molecule has 0 saturated carbocycles. The van der Waals surface area contributed by atoms with Crippen LogP contribution >= 0.6 is 0 Å². The van der Waals surface area contributed by atoms with Crippen molar-refractivity contribution in [2.75, 3.05) is 33.1 Å². The number of likely N-dealkylation sites (N-methyl/N-ethyl adjacent to an activating group) is 1. The molecule has 2 N–H and O–H groups in total. The number of amides is 2. The van der Waals surface area contributed by atoms with Crippen LogP contribution in [0.25, 0.3) is 0 Å². The standard InChI is InChI=1S/C37H53N3O8S/c1-7-8-14-21-49(44,45)39(5)31-17-12-13-20-47-33-23-27-18-19-28(46-6)24-29(27)34(33)40(36(43)48-37(2,3)4)25-32(41)30(38-35(31)42)22-26-15-10-9-11-16-26/h9-13,15-16,18-19,24,30-34,41H,7-8,14,17,20-23,25H2,1-6H3,(H,38,42)/t30-,31-,32+,33-,34+/m0/s1. The zero-order valence-corrected chi connectivity index (χ0v) is 30.4. The van der Waals surface area contributed by atoms with Gasteiger partial charge < -0.3 is 24.6 Å². The molecule has 2 aromatic rings. The van der Waals surface area contributed by atoms with Crippen molar-refractivity contribution in [2.24, 2.45) is 0 Å². The van der Waals surface area contributed by atoms with Gasteiger partial charge in [0.05, 0.1) is 50.3 Å². The summed E-state index contributed by atoms with van der Waals surface area (Å²) in [5, 5.41) is 15.0. The van der Waals surface area contributed by atoms with E-state index >= 15 is 0 Å². The van der Waals surface area contributed by atoms with E-state index < -0.39 is 58.0 Å². The van der Waals surface area contributed by atoms with Crippen LogP contribution in [0.2, 0.25) is 0 Å². The molecule has 0 fully saturated rings. The lowest BCUT2D eigenvalue weighted by Crippen LogP contribution is -2.56. The topological polar surface area (TPSA) is 135 Å². The van der Waals surface area contributed by atoms with Crippen LogP contribution in [-0.2, 0) is 37.1 Å². The van der Waals surface area contributed by atoms with Crippen molar-refractivity contribution in [3.63, 3.8) is 0 Å². The van der Waals surface area contributed by atoms with Crippen LogP contribution in [0.5, 0.6) is 5.75 Å². The molecule has 0 spiro atoms. The molecule has 0 aromatic heterocycles. The second-order valence-electron chi connectivity index (χ2n) is 13.9. The maximum absolute atomic E-state index is 14.1. The number of methoxy groups -OCH3 is 1. The first-order valence-electron chi connectivity index (χ1n) is 17.1. The van der Waals surface area contributed by atoms with Gasteiger partial charge in [0.2, 0.25) is 15.9 Å². The van der Waals surface area contributed by atoms with E-state index in [0.717, 1.165) is 33.8 Å². The van der Waals surface area contributed by atoms with E-state index in [-0.39, 0.29) is 31.7 Å². The van der Waals surface area contributed by atoms with Crippen LogP contribution < -0.4 is 10.1 Å². The van der Waals surface area contributed by atoms with Gasteiger partial charge in [0, 0.05) is 13.5 Å². The van der Waals surface area contributed by atoms with Crippen molar-refractivity contribution in [2.45, 2.75) is 102 Å². The summed E-state index contributed by atoms with van der Waals surface area (Å²) in [6.07, 6.45) is 4.14. The number of benzene rings is 2.